The van der Waals surface area contributed by atoms with Crippen molar-refractivity contribution < 1.29 is 9.53 Å². The molecule has 3 aromatic rings. The second-order valence-corrected chi connectivity index (χ2v) is 9.94. The minimum atomic E-state index is -0.107. The van der Waals surface area contributed by atoms with Crippen molar-refractivity contribution in [2.45, 2.75) is 36.7 Å². The molecule has 1 aliphatic heterocycles. The lowest BCUT2D eigenvalue weighted by molar-refractivity contribution is -0.115. The second kappa shape index (κ2) is 9.38. The number of anilines is 3. The first-order valence-electron chi connectivity index (χ1n) is 10.5. The highest BCUT2D eigenvalue weighted by atomic mass is 35.5. The number of morpholine rings is 1. The van der Waals surface area contributed by atoms with Gasteiger partial charge in [0.05, 0.1) is 24.6 Å². The summed E-state index contributed by atoms with van der Waals surface area (Å²) in [7, 11) is 0. The fraction of sp³-hybridized carbons (Fsp3) is 0.429. The van der Waals surface area contributed by atoms with Crippen LogP contribution in [0.4, 0.5) is 16.8 Å². The van der Waals surface area contributed by atoms with E-state index in [1.165, 1.54) is 18.3 Å². The summed E-state index contributed by atoms with van der Waals surface area (Å²) >= 11 is 9.20. The largest absolute Gasteiger partial charge is 0.378 e. The van der Waals surface area contributed by atoms with Crippen molar-refractivity contribution in [1.82, 2.24) is 19.7 Å². The van der Waals surface area contributed by atoms with Crippen LogP contribution in [0.5, 0.6) is 0 Å². The molecule has 1 amide bonds. The van der Waals surface area contributed by atoms with Gasteiger partial charge in [-0.25, -0.2) is 4.98 Å². The fourth-order valence-corrected chi connectivity index (χ4v) is 5.71. The van der Waals surface area contributed by atoms with Crippen LogP contribution in [-0.4, -0.2) is 52.0 Å². The van der Waals surface area contributed by atoms with Crippen LogP contribution in [0.2, 0.25) is 5.02 Å². The highest BCUT2D eigenvalue weighted by Crippen LogP contribution is 2.41. The first kappa shape index (κ1) is 21.7. The van der Waals surface area contributed by atoms with Crippen molar-refractivity contribution >= 4 is 57.4 Å². The predicted molar refractivity (Wildman–Crippen MR) is 127 cm³/mol. The standard InChI is InChI=1S/C21H23ClN6O2S2/c1-14(29)27(18-4-2-3-15(22)11-18)20-23-16(12-31-20)13-32-21-25-24-19(28(21)17-5-6-17)26-7-9-30-10-8-26/h2-4,11-12,17H,5-10,13H2,1H3. The third-order valence-corrected chi connectivity index (χ3v) is 7.40. The van der Waals surface area contributed by atoms with E-state index in [1.807, 2.05) is 17.5 Å². The highest BCUT2D eigenvalue weighted by Gasteiger charge is 2.32. The quantitative estimate of drug-likeness (QED) is 0.450. The first-order valence-corrected chi connectivity index (χ1v) is 12.8. The second-order valence-electron chi connectivity index (χ2n) is 7.73. The molecule has 5 rings (SSSR count). The Hall–Kier alpha value is -2.14. The molecule has 2 aliphatic rings. The third kappa shape index (κ3) is 4.63. The smallest absolute Gasteiger partial charge is 0.230 e. The number of carbonyl (C=O) groups is 1. The molecule has 0 atom stereocenters. The molecule has 0 unspecified atom stereocenters. The maximum atomic E-state index is 12.3. The summed E-state index contributed by atoms with van der Waals surface area (Å²) in [6.07, 6.45) is 2.33. The molecule has 8 nitrogen and oxygen atoms in total. The Labute approximate surface area is 199 Å². The van der Waals surface area contributed by atoms with Crippen molar-refractivity contribution in [2.24, 2.45) is 0 Å². The number of carbonyl (C=O) groups excluding carboxylic acids is 1. The van der Waals surface area contributed by atoms with Crippen molar-refractivity contribution in [3.8, 4) is 0 Å². The predicted octanol–water partition coefficient (Wildman–Crippen LogP) is 4.54. The summed E-state index contributed by atoms with van der Waals surface area (Å²) in [5.41, 5.74) is 1.61. The molecule has 0 bridgehead atoms. The molecule has 1 aliphatic carbocycles. The fourth-order valence-electron chi connectivity index (χ4n) is 3.64. The zero-order chi connectivity index (χ0) is 22.1. The summed E-state index contributed by atoms with van der Waals surface area (Å²) in [4.78, 5) is 20.9. The Kier molecular flexibility index (Phi) is 6.36. The molecule has 1 saturated carbocycles. The Balaban J connectivity index is 1.32. The number of rotatable bonds is 7. The number of nitrogens with zero attached hydrogens (tertiary/aromatic N) is 6. The lowest BCUT2D eigenvalue weighted by Gasteiger charge is -2.27. The molecule has 1 aromatic carbocycles. The molecular weight excluding hydrogens is 468 g/mol. The van der Waals surface area contributed by atoms with Crippen LogP contribution in [0, 0.1) is 0 Å². The maximum Gasteiger partial charge on any atom is 0.230 e. The van der Waals surface area contributed by atoms with E-state index < -0.39 is 0 Å². The van der Waals surface area contributed by atoms with Crippen molar-refractivity contribution in [3.05, 3.63) is 40.4 Å². The number of thioether (sulfide) groups is 1. The molecule has 0 radical (unpaired) electrons. The number of benzene rings is 1. The van der Waals surface area contributed by atoms with Crippen molar-refractivity contribution in [2.75, 3.05) is 36.1 Å². The van der Waals surface area contributed by atoms with Gasteiger partial charge >= 0.3 is 0 Å². The number of amides is 1. The Morgan fingerprint density at radius 3 is 2.84 bits per heavy atom. The van der Waals surface area contributed by atoms with Crippen LogP contribution in [0.1, 0.15) is 31.5 Å². The van der Waals surface area contributed by atoms with Crippen molar-refractivity contribution in [1.29, 1.82) is 0 Å². The number of aromatic nitrogens is 4. The van der Waals surface area contributed by atoms with Crippen LogP contribution >= 0.6 is 34.7 Å². The number of halogens is 1. The number of thiazole rings is 1. The van der Waals surface area contributed by atoms with Gasteiger partial charge in [-0.05, 0) is 31.0 Å². The van der Waals surface area contributed by atoms with Gasteiger partial charge in [-0.1, -0.05) is 29.4 Å². The number of ether oxygens (including phenoxy) is 1. The van der Waals surface area contributed by atoms with E-state index >= 15 is 0 Å². The zero-order valence-corrected chi connectivity index (χ0v) is 20.0. The maximum absolute atomic E-state index is 12.3. The number of hydrogen-bond donors (Lipinski definition) is 0. The summed E-state index contributed by atoms with van der Waals surface area (Å²) in [5, 5.41) is 13.1. The van der Waals surface area contributed by atoms with E-state index in [0.717, 1.165) is 55.9 Å². The van der Waals surface area contributed by atoms with Gasteiger partial charge in [0.25, 0.3) is 0 Å². The summed E-state index contributed by atoms with van der Waals surface area (Å²) in [5.74, 6) is 1.50. The molecule has 11 heteroatoms. The van der Waals surface area contributed by atoms with E-state index in [0.29, 0.717) is 27.6 Å². The zero-order valence-electron chi connectivity index (χ0n) is 17.6. The molecule has 1 saturated heterocycles. The molecule has 2 aromatic heterocycles. The Morgan fingerprint density at radius 1 is 1.31 bits per heavy atom. The van der Waals surface area contributed by atoms with Crippen LogP contribution in [-0.2, 0) is 15.3 Å². The number of hydrogen-bond acceptors (Lipinski definition) is 8. The summed E-state index contributed by atoms with van der Waals surface area (Å²) in [6, 6.07) is 7.72. The Morgan fingerprint density at radius 2 is 2.12 bits per heavy atom. The van der Waals surface area contributed by atoms with E-state index in [4.69, 9.17) is 21.3 Å². The molecule has 168 valence electrons. The highest BCUT2D eigenvalue weighted by molar-refractivity contribution is 7.98. The van der Waals surface area contributed by atoms with E-state index in [9.17, 15) is 4.79 Å². The lowest BCUT2D eigenvalue weighted by atomic mass is 10.3. The Bertz CT molecular complexity index is 1110. The first-order chi connectivity index (χ1) is 15.6. The van der Waals surface area contributed by atoms with Gasteiger partial charge in [-0.2, -0.15) is 0 Å². The van der Waals surface area contributed by atoms with Crippen LogP contribution in [0.3, 0.4) is 0 Å². The summed E-state index contributed by atoms with van der Waals surface area (Å²) < 4.78 is 7.75. The van der Waals surface area contributed by atoms with Gasteiger partial charge in [-0.3, -0.25) is 14.3 Å². The molecule has 0 spiro atoms. The van der Waals surface area contributed by atoms with Crippen LogP contribution < -0.4 is 9.80 Å². The molecule has 2 fully saturated rings. The van der Waals surface area contributed by atoms with E-state index in [-0.39, 0.29) is 5.91 Å². The molecular formula is C21H23ClN6O2S2. The monoisotopic (exact) mass is 490 g/mol. The molecule has 32 heavy (non-hydrogen) atoms. The minimum absolute atomic E-state index is 0.107. The van der Waals surface area contributed by atoms with Gasteiger partial charge in [0.1, 0.15) is 0 Å². The summed E-state index contributed by atoms with van der Waals surface area (Å²) in [6.45, 7) is 4.66. The topological polar surface area (TPSA) is 76.4 Å². The van der Waals surface area contributed by atoms with Gasteiger partial charge in [0.15, 0.2) is 10.3 Å². The normalized spacial score (nSPS) is 16.4. The van der Waals surface area contributed by atoms with Gasteiger partial charge in [0.2, 0.25) is 11.9 Å². The minimum Gasteiger partial charge on any atom is -0.378 e. The molecule has 3 heterocycles. The average molecular weight is 491 g/mol. The van der Waals surface area contributed by atoms with Gasteiger partial charge in [-0.15, -0.1) is 21.5 Å². The van der Waals surface area contributed by atoms with Crippen LogP contribution in [0.25, 0.3) is 0 Å². The third-order valence-electron chi connectivity index (χ3n) is 5.31. The van der Waals surface area contributed by atoms with E-state index in [2.05, 4.69) is 19.7 Å². The van der Waals surface area contributed by atoms with Crippen molar-refractivity contribution in [3.63, 3.8) is 0 Å². The SMILES string of the molecule is CC(=O)N(c1cccc(Cl)c1)c1nc(CSc2nnc(N3CCOCC3)n2C2CC2)cs1. The van der Waals surface area contributed by atoms with Crippen LogP contribution in [0.15, 0.2) is 34.8 Å². The van der Waals surface area contributed by atoms with E-state index in [1.54, 1.807) is 28.8 Å². The van der Waals surface area contributed by atoms with Gasteiger partial charge < -0.3 is 9.64 Å². The van der Waals surface area contributed by atoms with Gasteiger partial charge in [0, 0.05) is 42.2 Å². The molecule has 0 N–H and O–H groups in total. The lowest BCUT2D eigenvalue weighted by Crippen LogP contribution is -2.38. The average Bonchev–Trinajstić information content (AvgIpc) is 3.37.